The van der Waals surface area contributed by atoms with Crippen molar-refractivity contribution in [2.45, 2.75) is 20.1 Å². The minimum absolute atomic E-state index is 0.466. The van der Waals surface area contributed by atoms with Crippen molar-refractivity contribution in [1.29, 1.82) is 0 Å². The van der Waals surface area contributed by atoms with Gasteiger partial charge in [0.2, 0.25) is 0 Å². The molecule has 0 aliphatic rings. The number of benzene rings is 3. The third-order valence-electron chi connectivity index (χ3n) is 4.12. The quantitative estimate of drug-likeness (QED) is 0.579. The minimum atomic E-state index is 0.466. The van der Waals surface area contributed by atoms with E-state index in [1.807, 2.05) is 67.6 Å². The van der Waals surface area contributed by atoms with Gasteiger partial charge < -0.3 is 14.9 Å². The molecule has 0 bridgehead atoms. The van der Waals surface area contributed by atoms with Crippen LogP contribution < -0.4 is 20.3 Å². The van der Waals surface area contributed by atoms with E-state index in [9.17, 15) is 0 Å². The van der Waals surface area contributed by atoms with E-state index < -0.39 is 0 Å². The van der Waals surface area contributed by atoms with Crippen LogP contribution in [0.2, 0.25) is 0 Å². The summed E-state index contributed by atoms with van der Waals surface area (Å²) in [7, 11) is 1.68. The van der Waals surface area contributed by atoms with Gasteiger partial charge in [-0.3, -0.25) is 0 Å². The summed E-state index contributed by atoms with van der Waals surface area (Å²) >= 11 is 0. The summed E-state index contributed by atoms with van der Waals surface area (Å²) in [6, 6.07) is 24.2. The number of hydrazine groups is 1. The molecule has 26 heavy (non-hydrogen) atoms. The van der Waals surface area contributed by atoms with Gasteiger partial charge in [0.05, 0.1) is 7.11 Å². The molecular formula is C22H24N2O2. The average molecular weight is 348 g/mol. The number of hydrogen-bond donors (Lipinski definition) is 2. The lowest BCUT2D eigenvalue weighted by atomic mass is 10.1. The van der Waals surface area contributed by atoms with Crippen molar-refractivity contribution in [1.82, 2.24) is 5.43 Å². The van der Waals surface area contributed by atoms with Crippen LogP contribution in [0.5, 0.6) is 11.5 Å². The third kappa shape index (κ3) is 4.77. The van der Waals surface area contributed by atoms with Gasteiger partial charge in [0.25, 0.3) is 0 Å². The van der Waals surface area contributed by atoms with Gasteiger partial charge in [-0.2, -0.15) is 0 Å². The van der Waals surface area contributed by atoms with E-state index in [4.69, 9.17) is 9.47 Å². The molecule has 0 saturated carbocycles. The van der Waals surface area contributed by atoms with E-state index >= 15 is 0 Å². The Morgan fingerprint density at radius 3 is 2.38 bits per heavy atom. The second kappa shape index (κ2) is 8.92. The fraction of sp³-hybridized carbons (Fsp3) is 0.182. The van der Waals surface area contributed by atoms with Crippen LogP contribution in [0.4, 0.5) is 5.69 Å². The first-order valence-electron chi connectivity index (χ1n) is 8.64. The lowest BCUT2D eigenvalue weighted by molar-refractivity contribution is 0.294. The molecule has 0 atom stereocenters. The van der Waals surface area contributed by atoms with Crippen LogP contribution in [0.15, 0.2) is 72.8 Å². The van der Waals surface area contributed by atoms with Crippen LogP contribution >= 0.6 is 0 Å². The summed E-state index contributed by atoms with van der Waals surface area (Å²) < 4.78 is 11.5. The van der Waals surface area contributed by atoms with Crippen LogP contribution in [-0.2, 0) is 13.2 Å². The Hall–Kier alpha value is -2.98. The van der Waals surface area contributed by atoms with Crippen LogP contribution in [0, 0.1) is 6.92 Å². The maximum atomic E-state index is 5.98. The van der Waals surface area contributed by atoms with Crippen molar-refractivity contribution in [3.63, 3.8) is 0 Å². The second-order valence-corrected chi connectivity index (χ2v) is 6.04. The number of rotatable bonds is 8. The molecule has 0 spiro atoms. The molecule has 134 valence electrons. The van der Waals surface area contributed by atoms with Crippen LogP contribution in [0.1, 0.15) is 16.7 Å². The molecule has 0 aromatic heterocycles. The first kappa shape index (κ1) is 17.8. The zero-order valence-corrected chi connectivity index (χ0v) is 15.2. The summed E-state index contributed by atoms with van der Waals surface area (Å²) in [5.74, 6) is 1.72. The van der Waals surface area contributed by atoms with Gasteiger partial charge >= 0.3 is 0 Å². The van der Waals surface area contributed by atoms with Crippen LogP contribution in [0.25, 0.3) is 0 Å². The molecule has 3 aromatic rings. The summed E-state index contributed by atoms with van der Waals surface area (Å²) in [5, 5.41) is 0. The molecule has 0 aliphatic carbocycles. The molecule has 0 amide bonds. The van der Waals surface area contributed by atoms with Crippen LogP contribution in [-0.4, -0.2) is 7.11 Å². The Balaban J connectivity index is 1.63. The Labute approximate surface area is 154 Å². The molecule has 0 fully saturated rings. The molecular weight excluding hydrogens is 324 g/mol. The van der Waals surface area contributed by atoms with E-state index in [2.05, 4.69) is 23.0 Å². The maximum Gasteiger partial charge on any atom is 0.125 e. The maximum absolute atomic E-state index is 5.98. The zero-order valence-electron chi connectivity index (χ0n) is 15.2. The van der Waals surface area contributed by atoms with E-state index in [1.165, 1.54) is 0 Å². The number of nitrogens with one attached hydrogen (secondary N) is 2. The van der Waals surface area contributed by atoms with Crippen molar-refractivity contribution in [3.05, 3.63) is 89.5 Å². The molecule has 0 unspecified atom stereocenters. The Morgan fingerprint density at radius 2 is 1.62 bits per heavy atom. The highest BCUT2D eigenvalue weighted by Crippen LogP contribution is 2.24. The van der Waals surface area contributed by atoms with E-state index in [0.717, 1.165) is 33.9 Å². The lowest BCUT2D eigenvalue weighted by Gasteiger charge is -2.14. The SMILES string of the molecule is COc1ccc(CNNc2ccccc2)cc1COc1ccccc1C. The number of para-hydroxylation sites is 2. The Morgan fingerprint density at radius 1 is 0.846 bits per heavy atom. The fourth-order valence-corrected chi connectivity index (χ4v) is 2.70. The highest BCUT2D eigenvalue weighted by molar-refractivity contribution is 5.42. The summed E-state index contributed by atoms with van der Waals surface area (Å²) in [4.78, 5) is 0. The number of methoxy groups -OCH3 is 1. The Bertz CT molecular complexity index is 835. The predicted octanol–water partition coefficient (Wildman–Crippen LogP) is 4.70. The van der Waals surface area contributed by atoms with Gasteiger partial charge in [-0.15, -0.1) is 0 Å². The third-order valence-corrected chi connectivity index (χ3v) is 4.12. The smallest absolute Gasteiger partial charge is 0.125 e. The average Bonchev–Trinajstić information content (AvgIpc) is 2.68. The molecule has 3 aromatic carbocycles. The number of ether oxygens (including phenoxy) is 2. The highest BCUT2D eigenvalue weighted by Gasteiger charge is 2.07. The molecule has 0 radical (unpaired) electrons. The van der Waals surface area contributed by atoms with Gasteiger partial charge in [0, 0.05) is 17.8 Å². The second-order valence-electron chi connectivity index (χ2n) is 6.04. The summed E-state index contributed by atoms with van der Waals surface area (Å²) in [5.41, 5.74) is 10.8. The number of anilines is 1. The fourth-order valence-electron chi connectivity index (χ4n) is 2.70. The van der Waals surface area contributed by atoms with Crippen molar-refractivity contribution in [2.75, 3.05) is 12.5 Å². The normalized spacial score (nSPS) is 10.4. The molecule has 4 heteroatoms. The molecule has 0 heterocycles. The van der Waals surface area contributed by atoms with Gasteiger partial charge in [0.1, 0.15) is 18.1 Å². The molecule has 2 N–H and O–H groups in total. The van der Waals surface area contributed by atoms with Crippen molar-refractivity contribution < 1.29 is 9.47 Å². The van der Waals surface area contributed by atoms with Crippen LogP contribution in [0.3, 0.4) is 0 Å². The van der Waals surface area contributed by atoms with Crippen molar-refractivity contribution in [3.8, 4) is 11.5 Å². The zero-order chi connectivity index (χ0) is 18.2. The monoisotopic (exact) mass is 348 g/mol. The lowest BCUT2D eigenvalue weighted by Crippen LogP contribution is -2.20. The van der Waals surface area contributed by atoms with Gasteiger partial charge in [0.15, 0.2) is 0 Å². The minimum Gasteiger partial charge on any atom is -0.496 e. The molecule has 0 saturated heterocycles. The summed E-state index contributed by atoms with van der Waals surface area (Å²) in [6.07, 6.45) is 0. The van der Waals surface area contributed by atoms with Gasteiger partial charge in [-0.1, -0.05) is 42.5 Å². The first-order chi connectivity index (χ1) is 12.8. The molecule has 4 nitrogen and oxygen atoms in total. The highest BCUT2D eigenvalue weighted by atomic mass is 16.5. The first-order valence-corrected chi connectivity index (χ1v) is 8.64. The number of hydrogen-bond acceptors (Lipinski definition) is 4. The topological polar surface area (TPSA) is 42.5 Å². The molecule has 3 rings (SSSR count). The summed E-state index contributed by atoms with van der Waals surface area (Å²) in [6.45, 7) is 3.20. The standard InChI is InChI=1S/C22H24N2O2/c1-17-8-6-7-11-21(17)26-16-19-14-18(12-13-22(19)25-2)15-23-24-20-9-4-3-5-10-20/h3-14,23-24H,15-16H2,1-2H3. The molecule has 0 aliphatic heterocycles. The van der Waals surface area contributed by atoms with E-state index in [0.29, 0.717) is 13.2 Å². The Kier molecular flexibility index (Phi) is 6.12. The van der Waals surface area contributed by atoms with Crippen molar-refractivity contribution >= 4 is 5.69 Å². The van der Waals surface area contributed by atoms with Gasteiger partial charge in [-0.25, -0.2) is 5.43 Å². The largest absolute Gasteiger partial charge is 0.496 e. The van der Waals surface area contributed by atoms with E-state index in [-0.39, 0.29) is 0 Å². The van der Waals surface area contributed by atoms with E-state index in [1.54, 1.807) is 7.11 Å². The van der Waals surface area contributed by atoms with Crippen molar-refractivity contribution in [2.24, 2.45) is 0 Å². The number of aryl methyl sites for hydroxylation is 1. The van der Waals surface area contributed by atoms with Gasteiger partial charge in [-0.05, 0) is 48.4 Å². The predicted molar refractivity (Wildman–Crippen MR) is 105 cm³/mol.